The fourth-order valence-electron chi connectivity index (χ4n) is 2.13. The maximum atomic E-state index is 12.5. The van der Waals surface area contributed by atoms with Crippen LogP contribution in [0.25, 0.3) is 10.1 Å². The summed E-state index contributed by atoms with van der Waals surface area (Å²) in [6.45, 7) is 3.73. The second-order valence-electron chi connectivity index (χ2n) is 5.14. The minimum Gasteiger partial charge on any atom is -0.504 e. The van der Waals surface area contributed by atoms with E-state index in [1.54, 1.807) is 6.07 Å². The Morgan fingerprint density at radius 3 is 2.83 bits per heavy atom. The number of nitrogens with zero attached hydrogens (tertiary/aromatic N) is 3. The standard InChI is InChI=1S/C14H15N5O4S/c1-6(2)23-11-7-4-9(22-3)8(20)5-10(7)24-12(11)13(21)15-14-16-18-19-17-14/h4-6,20H,1-3H3,(H2,15,16,17,18,19,21). The molecule has 9 nitrogen and oxygen atoms in total. The lowest BCUT2D eigenvalue weighted by Crippen LogP contribution is -2.14. The highest BCUT2D eigenvalue weighted by Gasteiger charge is 2.23. The van der Waals surface area contributed by atoms with Crippen LogP contribution in [0.2, 0.25) is 0 Å². The van der Waals surface area contributed by atoms with Crippen LogP contribution >= 0.6 is 11.3 Å². The van der Waals surface area contributed by atoms with E-state index in [1.807, 2.05) is 13.8 Å². The molecule has 1 aromatic carbocycles. The van der Waals surface area contributed by atoms with Gasteiger partial charge in [-0.2, -0.15) is 5.21 Å². The van der Waals surface area contributed by atoms with Crippen molar-refractivity contribution in [3.8, 4) is 17.2 Å². The molecule has 0 atom stereocenters. The first kappa shape index (κ1) is 16.0. The Morgan fingerprint density at radius 2 is 2.21 bits per heavy atom. The first-order chi connectivity index (χ1) is 11.5. The fraction of sp³-hybridized carbons (Fsp3) is 0.286. The third kappa shape index (κ3) is 2.95. The summed E-state index contributed by atoms with van der Waals surface area (Å²) >= 11 is 1.19. The monoisotopic (exact) mass is 349 g/mol. The zero-order chi connectivity index (χ0) is 17.3. The van der Waals surface area contributed by atoms with Crippen LogP contribution in [0.1, 0.15) is 23.5 Å². The number of amides is 1. The number of aromatic amines is 1. The number of thiophene rings is 1. The Kier molecular flexibility index (Phi) is 4.21. The summed E-state index contributed by atoms with van der Waals surface area (Å²) < 4.78 is 11.7. The van der Waals surface area contributed by atoms with Crippen molar-refractivity contribution in [2.75, 3.05) is 12.4 Å². The van der Waals surface area contributed by atoms with E-state index < -0.39 is 5.91 Å². The van der Waals surface area contributed by atoms with Gasteiger partial charge in [0.25, 0.3) is 11.9 Å². The Balaban J connectivity index is 2.09. The largest absolute Gasteiger partial charge is 0.504 e. The average molecular weight is 349 g/mol. The van der Waals surface area contributed by atoms with E-state index in [2.05, 4.69) is 25.9 Å². The van der Waals surface area contributed by atoms with Gasteiger partial charge in [0.05, 0.1) is 13.2 Å². The number of fused-ring (bicyclic) bond motifs is 1. The minimum atomic E-state index is -0.424. The molecule has 3 rings (SSSR count). The maximum Gasteiger partial charge on any atom is 0.272 e. The van der Waals surface area contributed by atoms with E-state index in [0.29, 0.717) is 26.5 Å². The molecule has 0 radical (unpaired) electrons. The second-order valence-corrected chi connectivity index (χ2v) is 6.19. The number of carbonyl (C=O) groups is 1. The van der Waals surface area contributed by atoms with Crippen LogP contribution in [-0.2, 0) is 0 Å². The van der Waals surface area contributed by atoms with Crippen molar-refractivity contribution >= 4 is 33.3 Å². The lowest BCUT2D eigenvalue weighted by atomic mass is 10.2. The van der Waals surface area contributed by atoms with E-state index in [4.69, 9.17) is 9.47 Å². The van der Waals surface area contributed by atoms with Gasteiger partial charge in [0.15, 0.2) is 17.2 Å². The molecule has 0 saturated carbocycles. The van der Waals surface area contributed by atoms with Gasteiger partial charge in [-0.05, 0) is 25.1 Å². The third-order valence-corrected chi connectivity index (χ3v) is 4.21. The molecule has 0 aliphatic rings. The van der Waals surface area contributed by atoms with Crippen molar-refractivity contribution in [2.45, 2.75) is 20.0 Å². The number of methoxy groups -OCH3 is 1. The summed E-state index contributed by atoms with van der Waals surface area (Å²) in [7, 11) is 1.46. The van der Waals surface area contributed by atoms with Gasteiger partial charge < -0.3 is 14.6 Å². The zero-order valence-corrected chi connectivity index (χ0v) is 14.0. The number of nitrogens with one attached hydrogen (secondary N) is 2. The predicted octanol–water partition coefficient (Wildman–Crippen LogP) is 2.17. The van der Waals surface area contributed by atoms with Crippen molar-refractivity contribution < 1.29 is 19.4 Å². The molecule has 3 N–H and O–H groups in total. The smallest absolute Gasteiger partial charge is 0.272 e. The van der Waals surface area contributed by atoms with Crippen molar-refractivity contribution in [3.63, 3.8) is 0 Å². The van der Waals surface area contributed by atoms with Crippen LogP contribution in [0.5, 0.6) is 17.2 Å². The molecular weight excluding hydrogens is 334 g/mol. The highest BCUT2D eigenvalue weighted by molar-refractivity contribution is 7.21. The highest BCUT2D eigenvalue weighted by Crippen LogP contribution is 2.43. The Labute approximate surface area is 140 Å². The maximum absolute atomic E-state index is 12.5. The van der Waals surface area contributed by atoms with Crippen LogP contribution in [0, 0.1) is 0 Å². The summed E-state index contributed by atoms with van der Waals surface area (Å²) in [5.41, 5.74) is 0. The quantitative estimate of drug-likeness (QED) is 0.645. The summed E-state index contributed by atoms with van der Waals surface area (Å²) in [4.78, 5) is 12.9. The number of hydrogen-bond donors (Lipinski definition) is 3. The summed E-state index contributed by atoms with van der Waals surface area (Å²) in [5.74, 6) is 0.357. The number of rotatable bonds is 5. The van der Waals surface area contributed by atoms with E-state index in [-0.39, 0.29) is 17.8 Å². The number of tetrazole rings is 1. The molecule has 0 fully saturated rings. The number of phenols is 1. The van der Waals surface area contributed by atoms with E-state index in [9.17, 15) is 9.90 Å². The number of H-pyrrole nitrogens is 1. The Morgan fingerprint density at radius 1 is 1.42 bits per heavy atom. The van der Waals surface area contributed by atoms with E-state index in [0.717, 1.165) is 0 Å². The van der Waals surface area contributed by atoms with Gasteiger partial charge in [-0.3, -0.25) is 10.1 Å². The topological polar surface area (TPSA) is 122 Å². The number of anilines is 1. The summed E-state index contributed by atoms with van der Waals surface area (Å²) in [6.07, 6.45) is -0.140. The molecule has 1 amide bonds. The molecule has 0 unspecified atom stereocenters. The van der Waals surface area contributed by atoms with Crippen LogP contribution in [0.15, 0.2) is 12.1 Å². The summed E-state index contributed by atoms with van der Waals surface area (Å²) in [5, 5.41) is 26.2. The van der Waals surface area contributed by atoms with Crippen molar-refractivity contribution in [3.05, 3.63) is 17.0 Å². The molecule has 0 aliphatic carbocycles. The summed E-state index contributed by atoms with van der Waals surface area (Å²) in [6, 6.07) is 3.18. The van der Waals surface area contributed by atoms with Crippen molar-refractivity contribution in [1.29, 1.82) is 0 Å². The van der Waals surface area contributed by atoms with Gasteiger partial charge in [0.1, 0.15) is 4.88 Å². The number of carbonyl (C=O) groups excluding carboxylic acids is 1. The molecular formula is C14H15N5O4S. The number of aromatic nitrogens is 4. The molecule has 126 valence electrons. The van der Waals surface area contributed by atoms with Crippen LogP contribution in [-0.4, -0.2) is 44.9 Å². The van der Waals surface area contributed by atoms with Crippen LogP contribution < -0.4 is 14.8 Å². The van der Waals surface area contributed by atoms with E-state index in [1.165, 1.54) is 24.5 Å². The Bertz CT molecular complexity index is 875. The molecule has 0 aliphatic heterocycles. The number of phenolic OH excluding ortho intramolecular Hbond substituents is 1. The van der Waals surface area contributed by atoms with E-state index >= 15 is 0 Å². The van der Waals surface area contributed by atoms with Crippen LogP contribution in [0.3, 0.4) is 0 Å². The zero-order valence-electron chi connectivity index (χ0n) is 13.2. The first-order valence-corrected chi connectivity index (χ1v) is 7.86. The van der Waals surface area contributed by atoms with Gasteiger partial charge >= 0.3 is 0 Å². The van der Waals surface area contributed by atoms with Crippen molar-refractivity contribution in [1.82, 2.24) is 20.6 Å². The predicted molar refractivity (Wildman–Crippen MR) is 87.9 cm³/mol. The van der Waals surface area contributed by atoms with Gasteiger partial charge in [-0.15, -0.1) is 16.4 Å². The molecule has 2 aromatic heterocycles. The first-order valence-electron chi connectivity index (χ1n) is 7.04. The molecule has 3 aromatic rings. The highest BCUT2D eigenvalue weighted by atomic mass is 32.1. The van der Waals surface area contributed by atoms with Gasteiger partial charge in [-0.25, -0.2) is 0 Å². The van der Waals surface area contributed by atoms with Crippen molar-refractivity contribution in [2.24, 2.45) is 0 Å². The molecule has 0 spiro atoms. The Hall–Kier alpha value is -2.88. The minimum absolute atomic E-state index is 0.00697. The fourth-order valence-corrected chi connectivity index (χ4v) is 3.17. The molecule has 2 heterocycles. The SMILES string of the molecule is COc1cc2c(OC(C)C)c(C(=O)Nc3nn[nH]n3)sc2cc1O. The molecule has 24 heavy (non-hydrogen) atoms. The lowest BCUT2D eigenvalue weighted by molar-refractivity contribution is 0.102. The van der Waals surface area contributed by atoms with Gasteiger partial charge in [-0.1, -0.05) is 5.10 Å². The normalized spacial score (nSPS) is 11.0. The van der Waals surface area contributed by atoms with Gasteiger partial charge in [0.2, 0.25) is 0 Å². The third-order valence-electron chi connectivity index (χ3n) is 3.07. The number of ether oxygens (including phenoxy) is 2. The lowest BCUT2D eigenvalue weighted by Gasteiger charge is -2.11. The molecule has 0 bridgehead atoms. The van der Waals surface area contributed by atoms with Crippen LogP contribution in [0.4, 0.5) is 5.95 Å². The van der Waals surface area contributed by atoms with Gasteiger partial charge in [0, 0.05) is 16.2 Å². The number of aromatic hydroxyl groups is 1. The molecule has 0 saturated heterocycles. The second kappa shape index (κ2) is 6.32. The average Bonchev–Trinajstić information content (AvgIpc) is 3.14. The number of hydrogen-bond acceptors (Lipinski definition) is 8. The number of benzene rings is 1. The molecule has 10 heteroatoms.